The fraction of sp³-hybridized carbons (Fsp3) is 0.647. The number of nitrogens with one attached hydrogen (secondary N) is 1. The average molecular weight is 371 g/mol. The zero-order valence-electron chi connectivity index (χ0n) is 16.3. The van der Waals surface area contributed by atoms with E-state index in [0.29, 0.717) is 24.5 Å². The third-order valence-electron chi connectivity index (χ3n) is 3.50. The lowest BCUT2D eigenvalue weighted by Gasteiger charge is -2.21. The molecule has 0 fully saturated rings. The molecule has 0 radical (unpaired) electrons. The van der Waals surface area contributed by atoms with Crippen molar-refractivity contribution in [2.24, 2.45) is 0 Å². The summed E-state index contributed by atoms with van der Waals surface area (Å²) in [6, 6.07) is 0. The second kappa shape index (κ2) is 7.70. The van der Waals surface area contributed by atoms with Crippen LogP contribution in [0.4, 0.5) is 0 Å². The number of hydrogen-bond acceptors (Lipinski definition) is 4. The van der Waals surface area contributed by atoms with E-state index in [2.05, 4.69) is 16.4 Å². The molecule has 0 aliphatic heterocycles. The first kappa shape index (κ1) is 21.4. The highest BCUT2D eigenvalue weighted by molar-refractivity contribution is 7.89. The molecule has 1 amide bonds. The predicted molar refractivity (Wildman–Crippen MR) is 98.8 cm³/mol. The van der Waals surface area contributed by atoms with Crippen LogP contribution in [0.1, 0.15) is 46.0 Å². The van der Waals surface area contributed by atoms with Gasteiger partial charge < -0.3 is 4.90 Å². The maximum absolute atomic E-state index is 12.7. The second-order valence-corrected chi connectivity index (χ2v) is 9.00. The maximum atomic E-state index is 12.7. The summed E-state index contributed by atoms with van der Waals surface area (Å²) in [7, 11) is -3.71. The quantitative estimate of drug-likeness (QED) is 0.744. The Morgan fingerprint density at radius 3 is 2.32 bits per heavy atom. The molecule has 0 aliphatic rings. The average Bonchev–Trinajstić information content (AvgIpc) is 2.68. The van der Waals surface area contributed by atoms with Gasteiger partial charge in [-0.05, 0) is 48.5 Å². The monoisotopic (exact) mass is 370 g/mol. The van der Waals surface area contributed by atoms with Crippen LogP contribution in [0, 0.1) is 13.8 Å². The summed E-state index contributed by atoms with van der Waals surface area (Å²) in [5.41, 5.74) is 1.12. The molecule has 7 nitrogen and oxygen atoms in total. The topological polar surface area (TPSA) is 84.3 Å². The van der Waals surface area contributed by atoms with Crippen molar-refractivity contribution in [3.63, 3.8) is 0 Å². The minimum absolute atomic E-state index is 0.00116. The molecular weight excluding hydrogens is 340 g/mol. The maximum Gasteiger partial charge on any atom is 0.244 e. The SMILES string of the molecule is C=C(C)CN(CC)C(=O)Cn1nc(C)c(S(=O)(=O)NC(C)(C)C)c1C. The van der Waals surface area contributed by atoms with Gasteiger partial charge in [0.25, 0.3) is 0 Å². The first-order valence-corrected chi connectivity index (χ1v) is 9.77. The van der Waals surface area contributed by atoms with Crippen LogP contribution in [0.25, 0.3) is 0 Å². The standard InChI is InChI=1S/C17H30N4O3S/c1-9-20(10-12(2)3)15(22)11-21-14(5)16(13(4)18-21)25(23,24)19-17(6,7)8/h19H,2,9-11H2,1,3-8H3. The van der Waals surface area contributed by atoms with Crippen molar-refractivity contribution in [1.82, 2.24) is 19.4 Å². The van der Waals surface area contributed by atoms with Gasteiger partial charge >= 0.3 is 0 Å². The van der Waals surface area contributed by atoms with Gasteiger partial charge in [-0.3, -0.25) is 9.48 Å². The molecule has 25 heavy (non-hydrogen) atoms. The summed E-state index contributed by atoms with van der Waals surface area (Å²) in [5.74, 6) is -0.121. The molecule has 1 N–H and O–H groups in total. The molecule has 1 aromatic rings. The van der Waals surface area contributed by atoms with Crippen LogP contribution in [0.5, 0.6) is 0 Å². The highest BCUT2D eigenvalue weighted by atomic mass is 32.2. The predicted octanol–water partition coefficient (Wildman–Crippen LogP) is 2.00. The van der Waals surface area contributed by atoms with Crippen molar-refractivity contribution in [1.29, 1.82) is 0 Å². The van der Waals surface area contributed by atoms with E-state index in [4.69, 9.17) is 0 Å². The molecule has 0 saturated heterocycles. The van der Waals surface area contributed by atoms with Gasteiger partial charge in [-0.15, -0.1) is 0 Å². The Morgan fingerprint density at radius 2 is 1.88 bits per heavy atom. The lowest BCUT2D eigenvalue weighted by atomic mass is 10.1. The smallest absolute Gasteiger partial charge is 0.244 e. The molecule has 0 atom stereocenters. The van der Waals surface area contributed by atoms with E-state index < -0.39 is 15.6 Å². The van der Waals surface area contributed by atoms with Crippen molar-refractivity contribution >= 4 is 15.9 Å². The Hall–Kier alpha value is -1.67. The van der Waals surface area contributed by atoms with E-state index in [1.807, 2.05) is 13.8 Å². The summed E-state index contributed by atoms with van der Waals surface area (Å²) >= 11 is 0. The molecule has 0 aliphatic carbocycles. The molecule has 0 unspecified atom stereocenters. The zero-order valence-corrected chi connectivity index (χ0v) is 17.1. The number of nitrogens with zero attached hydrogens (tertiary/aromatic N) is 3. The first-order valence-electron chi connectivity index (χ1n) is 8.28. The Bertz CT molecular complexity index is 758. The molecular formula is C17H30N4O3S. The van der Waals surface area contributed by atoms with Crippen LogP contribution in [0.2, 0.25) is 0 Å². The van der Waals surface area contributed by atoms with Gasteiger partial charge in [-0.25, -0.2) is 13.1 Å². The summed E-state index contributed by atoms with van der Waals surface area (Å²) in [5, 5.41) is 4.27. The third-order valence-corrected chi connectivity index (χ3v) is 5.51. The number of amides is 1. The van der Waals surface area contributed by atoms with Crippen LogP contribution in [-0.4, -0.2) is 47.6 Å². The minimum atomic E-state index is -3.71. The molecule has 8 heteroatoms. The molecule has 0 aromatic carbocycles. The lowest BCUT2D eigenvalue weighted by Crippen LogP contribution is -2.40. The summed E-state index contributed by atoms with van der Waals surface area (Å²) < 4.78 is 29.4. The number of aryl methyl sites for hydroxylation is 1. The van der Waals surface area contributed by atoms with Gasteiger partial charge in [0.2, 0.25) is 15.9 Å². The Morgan fingerprint density at radius 1 is 1.32 bits per heavy atom. The number of carbonyl (C=O) groups is 1. The largest absolute Gasteiger partial charge is 0.337 e. The van der Waals surface area contributed by atoms with Gasteiger partial charge in [0.1, 0.15) is 11.4 Å². The molecule has 1 rings (SSSR count). The molecule has 1 aromatic heterocycles. The van der Waals surface area contributed by atoms with Crippen molar-refractivity contribution < 1.29 is 13.2 Å². The van der Waals surface area contributed by atoms with Crippen LogP contribution >= 0.6 is 0 Å². The Balaban J connectivity index is 3.14. The lowest BCUT2D eigenvalue weighted by molar-refractivity contribution is -0.131. The minimum Gasteiger partial charge on any atom is -0.337 e. The Kier molecular flexibility index (Phi) is 6.58. The van der Waals surface area contributed by atoms with E-state index >= 15 is 0 Å². The van der Waals surface area contributed by atoms with Crippen LogP contribution in [0.15, 0.2) is 17.0 Å². The van der Waals surface area contributed by atoms with E-state index in [9.17, 15) is 13.2 Å². The molecule has 142 valence electrons. The van der Waals surface area contributed by atoms with Gasteiger partial charge in [-0.2, -0.15) is 5.10 Å². The molecule has 0 bridgehead atoms. The van der Waals surface area contributed by atoms with Crippen LogP contribution in [-0.2, 0) is 21.4 Å². The summed E-state index contributed by atoms with van der Waals surface area (Å²) in [6.07, 6.45) is 0. The van der Waals surface area contributed by atoms with Crippen molar-refractivity contribution in [3.05, 3.63) is 23.5 Å². The van der Waals surface area contributed by atoms with Crippen molar-refractivity contribution in [3.8, 4) is 0 Å². The van der Waals surface area contributed by atoms with Gasteiger partial charge in [-0.1, -0.05) is 12.2 Å². The number of likely N-dealkylation sites (N-methyl/N-ethyl adjacent to an activating group) is 1. The second-order valence-electron chi connectivity index (χ2n) is 7.38. The molecule has 1 heterocycles. The van der Waals surface area contributed by atoms with Crippen LogP contribution < -0.4 is 4.72 Å². The fourth-order valence-corrected chi connectivity index (χ4v) is 4.44. The summed E-state index contributed by atoms with van der Waals surface area (Å²) in [4.78, 5) is 14.3. The summed E-state index contributed by atoms with van der Waals surface area (Å²) in [6.45, 7) is 17.3. The van der Waals surface area contributed by atoms with Crippen molar-refractivity contribution in [2.75, 3.05) is 13.1 Å². The van der Waals surface area contributed by atoms with Gasteiger partial charge in [0, 0.05) is 18.6 Å². The molecule has 0 saturated carbocycles. The first-order chi connectivity index (χ1) is 11.3. The van der Waals surface area contributed by atoms with E-state index in [1.165, 1.54) is 4.68 Å². The zero-order chi connectivity index (χ0) is 19.6. The number of rotatable bonds is 7. The number of hydrogen-bond donors (Lipinski definition) is 1. The van der Waals surface area contributed by atoms with Crippen LogP contribution in [0.3, 0.4) is 0 Å². The number of carbonyl (C=O) groups excluding carboxylic acids is 1. The Labute approximate surface area is 151 Å². The highest BCUT2D eigenvalue weighted by Crippen LogP contribution is 2.21. The fourth-order valence-electron chi connectivity index (χ4n) is 2.61. The van der Waals surface area contributed by atoms with E-state index in [1.54, 1.807) is 39.5 Å². The number of aromatic nitrogens is 2. The highest BCUT2D eigenvalue weighted by Gasteiger charge is 2.29. The van der Waals surface area contributed by atoms with Gasteiger partial charge in [0.15, 0.2) is 0 Å². The normalized spacial score (nSPS) is 12.3. The third kappa shape index (κ3) is 5.67. The van der Waals surface area contributed by atoms with Gasteiger partial charge in [0.05, 0.1) is 11.4 Å². The van der Waals surface area contributed by atoms with E-state index in [-0.39, 0.29) is 17.3 Å². The number of sulfonamides is 1. The molecule has 0 spiro atoms. The van der Waals surface area contributed by atoms with Crippen molar-refractivity contribution in [2.45, 2.75) is 65.4 Å². The van der Waals surface area contributed by atoms with E-state index in [0.717, 1.165) is 5.57 Å².